The van der Waals surface area contributed by atoms with E-state index in [0.717, 1.165) is 38.9 Å². The Morgan fingerprint density at radius 3 is 2.51 bits per heavy atom. The van der Waals surface area contributed by atoms with Crippen LogP contribution in [0.25, 0.3) is 0 Å². The van der Waals surface area contributed by atoms with Crippen molar-refractivity contribution < 1.29 is 14.4 Å². The Labute approximate surface area is 219 Å². The zero-order valence-electron chi connectivity index (χ0n) is 21.1. The molecule has 1 aliphatic heterocycles. The number of likely N-dealkylation sites (tertiary alicyclic amines) is 1. The summed E-state index contributed by atoms with van der Waals surface area (Å²) in [5.41, 5.74) is 3.62. The van der Waals surface area contributed by atoms with E-state index in [4.69, 9.17) is 28.0 Å². The number of carbonyl (C=O) groups is 2. The van der Waals surface area contributed by atoms with E-state index in [9.17, 15) is 9.59 Å². The van der Waals surface area contributed by atoms with Crippen LogP contribution < -0.4 is 10.8 Å². The van der Waals surface area contributed by atoms with E-state index < -0.39 is 0 Å². The van der Waals surface area contributed by atoms with Crippen molar-refractivity contribution in [2.45, 2.75) is 77.3 Å². The fourth-order valence-corrected chi connectivity index (χ4v) is 5.98. The van der Waals surface area contributed by atoms with Gasteiger partial charge in [0.1, 0.15) is 10.3 Å². The molecule has 2 N–H and O–H groups in total. The number of piperidine rings is 1. The maximum Gasteiger partial charge on any atom is 0.341 e. The number of urea groups is 1. The summed E-state index contributed by atoms with van der Waals surface area (Å²) in [6, 6.07) is 2.05. The topological polar surface area (TPSA) is 86.8 Å². The molecule has 8 nitrogen and oxygen atoms in total. The van der Waals surface area contributed by atoms with Crippen LogP contribution in [0.15, 0.2) is 6.07 Å². The van der Waals surface area contributed by atoms with Gasteiger partial charge in [0, 0.05) is 38.3 Å². The summed E-state index contributed by atoms with van der Waals surface area (Å²) < 4.78 is 0. The van der Waals surface area contributed by atoms with Crippen LogP contribution in [0.4, 0.5) is 4.79 Å². The third-order valence-corrected chi connectivity index (χ3v) is 7.88. The van der Waals surface area contributed by atoms with Crippen molar-refractivity contribution in [2.75, 3.05) is 33.3 Å². The maximum absolute atomic E-state index is 12.7. The molecule has 0 radical (unpaired) electrons. The van der Waals surface area contributed by atoms with Gasteiger partial charge in [0.25, 0.3) is 5.91 Å². The zero-order chi connectivity index (χ0) is 25.4. The number of amides is 3. The highest BCUT2D eigenvalue weighted by molar-refractivity contribution is 6.34. The van der Waals surface area contributed by atoms with Gasteiger partial charge in [0.05, 0.1) is 12.7 Å². The van der Waals surface area contributed by atoms with Crippen LogP contribution in [0.1, 0.15) is 74.2 Å². The average molecular weight is 529 g/mol. The van der Waals surface area contributed by atoms with E-state index in [1.54, 1.807) is 13.0 Å². The van der Waals surface area contributed by atoms with Gasteiger partial charge in [-0.05, 0) is 63.5 Å². The molecule has 2 fully saturated rings. The van der Waals surface area contributed by atoms with Gasteiger partial charge in [-0.2, -0.15) is 0 Å². The molecule has 10 heteroatoms. The number of pyridine rings is 1. The maximum atomic E-state index is 12.7. The first-order valence-corrected chi connectivity index (χ1v) is 13.5. The molecule has 1 saturated carbocycles. The van der Waals surface area contributed by atoms with Crippen molar-refractivity contribution in [2.24, 2.45) is 5.92 Å². The summed E-state index contributed by atoms with van der Waals surface area (Å²) in [5.74, 6) is 0.352. The Kier molecular flexibility index (Phi) is 10.9. The van der Waals surface area contributed by atoms with Crippen molar-refractivity contribution in [1.29, 1.82) is 0 Å². The van der Waals surface area contributed by atoms with Gasteiger partial charge in [-0.25, -0.2) is 15.3 Å². The molecule has 1 aliphatic carbocycles. The predicted molar refractivity (Wildman–Crippen MR) is 139 cm³/mol. The van der Waals surface area contributed by atoms with Crippen LogP contribution in [0, 0.1) is 12.8 Å². The van der Waals surface area contributed by atoms with Crippen LogP contribution in [-0.2, 0) is 4.84 Å². The second-order valence-corrected chi connectivity index (χ2v) is 10.6. The number of rotatable bonds is 9. The summed E-state index contributed by atoms with van der Waals surface area (Å²) in [5, 5.41) is 3.36. The largest absolute Gasteiger partial charge is 0.352 e. The number of nitrogens with one attached hydrogen (secondary N) is 2. The number of halogens is 2. The number of hydroxylamine groups is 1. The van der Waals surface area contributed by atoms with Crippen LogP contribution >= 0.6 is 23.2 Å². The standard InChI is InChI=1S/C25H39Cl2N5O3/c1-17-15-21(26)29-23(27)22(17)24(33)28-12-9-18(2)31-13-10-20(11-14-31)32(25(34)30-35-3)16-19-7-5-4-6-8-19/h15,18-20H,4-14,16H2,1-3H3,(H,28,33)(H,30,34)/t18-/m1/s1. The van der Waals surface area contributed by atoms with E-state index in [2.05, 4.69) is 27.6 Å². The van der Waals surface area contributed by atoms with Gasteiger partial charge < -0.3 is 15.1 Å². The Hall–Kier alpha value is -1.61. The number of carbonyl (C=O) groups excluding carboxylic acids is 2. The fraction of sp³-hybridized carbons (Fsp3) is 0.720. The van der Waals surface area contributed by atoms with Gasteiger partial charge in [-0.3, -0.25) is 9.63 Å². The number of aromatic nitrogens is 1. The molecule has 35 heavy (non-hydrogen) atoms. The molecule has 0 spiro atoms. The number of hydrogen-bond donors (Lipinski definition) is 2. The molecule has 3 rings (SSSR count). The Balaban J connectivity index is 1.47. The minimum Gasteiger partial charge on any atom is -0.352 e. The van der Waals surface area contributed by atoms with Gasteiger partial charge in [0.2, 0.25) is 0 Å². The molecular formula is C25H39Cl2N5O3. The Morgan fingerprint density at radius 1 is 1.20 bits per heavy atom. The summed E-state index contributed by atoms with van der Waals surface area (Å²) >= 11 is 12.0. The van der Waals surface area contributed by atoms with Gasteiger partial charge in [0.15, 0.2) is 0 Å². The number of aryl methyl sites for hydroxylation is 1. The lowest BCUT2D eigenvalue weighted by Crippen LogP contribution is -2.53. The van der Waals surface area contributed by atoms with Crippen LogP contribution in [0.5, 0.6) is 0 Å². The lowest BCUT2D eigenvalue weighted by molar-refractivity contribution is 0.0512. The second-order valence-electron chi connectivity index (χ2n) is 9.86. The Morgan fingerprint density at radius 2 is 1.89 bits per heavy atom. The lowest BCUT2D eigenvalue weighted by atomic mass is 9.88. The highest BCUT2D eigenvalue weighted by Gasteiger charge is 2.31. The first-order chi connectivity index (χ1) is 16.8. The zero-order valence-corrected chi connectivity index (χ0v) is 22.6. The first kappa shape index (κ1) is 28.0. The summed E-state index contributed by atoms with van der Waals surface area (Å²) in [6.07, 6.45) is 8.93. The molecule has 1 aromatic rings. The first-order valence-electron chi connectivity index (χ1n) is 12.7. The average Bonchev–Trinajstić information content (AvgIpc) is 2.82. The van der Waals surface area contributed by atoms with E-state index in [-0.39, 0.29) is 28.3 Å². The van der Waals surface area contributed by atoms with Crippen LogP contribution in [0.2, 0.25) is 10.3 Å². The molecule has 196 valence electrons. The minimum absolute atomic E-state index is 0.123. The molecule has 0 unspecified atom stereocenters. The molecular weight excluding hydrogens is 489 g/mol. The summed E-state index contributed by atoms with van der Waals surface area (Å²) in [7, 11) is 1.48. The normalized spacial score (nSPS) is 18.8. The quantitative estimate of drug-likeness (QED) is 0.355. The predicted octanol–water partition coefficient (Wildman–Crippen LogP) is 4.82. The smallest absolute Gasteiger partial charge is 0.341 e. The van der Waals surface area contributed by atoms with Gasteiger partial charge in [-0.1, -0.05) is 42.5 Å². The second kappa shape index (κ2) is 13.6. The summed E-state index contributed by atoms with van der Waals surface area (Å²) in [6.45, 7) is 7.18. The molecule has 0 aromatic carbocycles. The van der Waals surface area contributed by atoms with Crippen molar-refractivity contribution >= 4 is 35.1 Å². The third kappa shape index (κ3) is 7.94. The number of nitrogens with zero attached hydrogens (tertiary/aromatic N) is 3. The van der Waals surface area contributed by atoms with Crippen molar-refractivity contribution in [3.8, 4) is 0 Å². The highest BCUT2D eigenvalue weighted by Crippen LogP contribution is 2.27. The van der Waals surface area contributed by atoms with E-state index >= 15 is 0 Å². The van der Waals surface area contributed by atoms with Crippen molar-refractivity contribution in [3.63, 3.8) is 0 Å². The minimum atomic E-state index is -0.231. The molecule has 1 saturated heterocycles. The molecule has 1 aromatic heterocycles. The van der Waals surface area contributed by atoms with Gasteiger partial charge in [-0.15, -0.1) is 0 Å². The molecule has 0 bridgehead atoms. The van der Waals surface area contributed by atoms with Gasteiger partial charge >= 0.3 is 6.03 Å². The third-order valence-electron chi connectivity index (χ3n) is 7.41. The molecule has 2 aliphatic rings. The molecule has 2 heterocycles. The van der Waals surface area contributed by atoms with Crippen LogP contribution in [0.3, 0.4) is 0 Å². The van der Waals surface area contributed by atoms with Crippen LogP contribution in [-0.4, -0.2) is 72.1 Å². The SMILES string of the molecule is CONC(=O)N(CC1CCCCC1)C1CCN([C@H](C)CCNC(=O)c2c(C)cc(Cl)nc2Cl)CC1. The number of hydrogen-bond acceptors (Lipinski definition) is 5. The van der Waals surface area contributed by atoms with E-state index in [0.29, 0.717) is 29.6 Å². The highest BCUT2D eigenvalue weighted by atomic mass is 35.5. The van der Waals surface area contributed by atoms with E-state index in [1.165, 1.54) is 39.2 Å². The fourth-order valence-electron chi connectivity index (χ4n) is 5.36. The lowest BCUT2D eigenvalue weighted by Gasteiger charge is -2.42. The molecule has 3 amide bonds. The van der Waals surface area contributed by atoms with Crippen molar-refractivity contribution in [1.82, 2.24) is 25.6 Å². The monoisotopic (exact) mass is 527 g/mol. The summed E-state index contributed by atoms with van der Waals surface area (Å²) in [4.78, 5) is 38.7. The molecule has 1 atom stereocenters. The van der Waals surface area contributed by atoms with E-state index in [1.807, 2.05) is 4.90 Å². The Bertz CT molecular complexity index is 834. The van der Waals surface area contributed by atoms with Crippen molar-refractivity contribution in [3.05, 3.63) is 27.5 Å².